The summed E-state index contributed by atoms with van der Waals surface area (Å²) in [6.07, 6.45) is 6.85. The molecule has 2 atom stereocenters. The maximum absolute atomic E-state index is 11.9. The van der Waals surface area contributed by atoms with E-state index in [1.165, 1.54) is 10.6 Å². The van der Waals surface area contributed by atoms with Gasteiger partial charge in [-0.15, -0.1) is 0 Å². The van der Waals surface area contributed by atoms with Crippen LogP contribution in [0.4, 0.5) is 0 Å². The molecule has 19 heavy (non-hydrogen) atoms. The van der Waals surface area contributed by atoms with E-state index in [0.717, 1.165) is 19.3 Å². The van der Waals surface area contributed by atoms with Gasteiger partial charge in [0.15, 0.2) is 0 Å². The quantitative estimate of drug-likeness (QED) is 0.860. The van der Waals surface area contributed by atoms with Crippen molar-refractivity contribution >= 4 is 23.6 Å². The van der Waals surface area contributed by atoms with E-state index in [1.807, 2.05) is 11.8 Å². The summed E-state index contributed by atoms with van der Waals surface area (Å²) in [5, 5.41) is 12.6. The van der Waals surface area contributed by atoms with Crippen LogP contribution in [0, 0.1) is 0 Å². The molecule has 0 aliphatic heterocycles. The zero-order chi connectivity index (χ0) is 13.8. The number of hydrogen-bond donors (Lipinski definition) is 2. The first-order valence-corrected chi connectivity index (χ1v) is 7.59. The average molecular weight is 282 g/mol. The van der Waals surface area contributed by atoms with E-state index in [0.29, 0.717) is 5.25 Å². The van der Waals surface area contributed by atoms with Crippen LogP contribution in [-0.4, -0.2) is 39.1 Å². The molecule has 2 rings (SSSR count). The summed E-state index contributed by atoms with van der Waals surface area (Å²) < 4.78 is 1.46. The van der Waals surface area contributed by atoms with E-state index in [2.05, 4.69) is 11.6 Å². The number of carboxylic acids is 1. The van der Waals surface area contributed by atoms with Gasteiger partial charge in [0, 0.05) is 17.5 Å². The molecule has 0 bridgehead atoms. The maximum Gasteiger partial charge on any atom is 0.352 e. The molecule has 1 aliphatic carbocycles. The fourth-order valence-electron chi connectivity index (χ4n) is 2.46. The summed E-state index contributed by atoms with van der Waals surface area (Å²) in [4.78, 5) is 22.8. The number of hydrogen-bond acceptors (Lipinski definition) is 3. The van der Waals surface area contributed by atoms with Crippen molar-refractivity contribution in [2.24, 2.45) is 0 Å². The van der Waals surface area contributed by atoms with Crippen molar-refractivity contribution in [1.29, 1.82) is 0 Å². The van der Waals surface area contributed by atoms with Gasteiger partial charge in [0.1, 0.15) is 12.2 Å². The minimum absolute atomic E-state index is 0.0646. The number of carbonyl (C=O) groups is 2. The third-order valence-electron chi connectivity index (χ3n) is 3.45. The Morgan fingerprint density at radius 3 is 2.95 bits per heavy atom. The standard InChI is InChI=1S/C13H18N2O3S/c1-19-10-5-4-9(7-10)14-12(16)8-15-6-2-3-11(15)13(17)18/h2-3,6,9-10H,4-5,7-8H2,1H3,(H,14,16)(H,17,18). The molecular formula is C13H18N2O3S. The predicted molar refractivity (Wildman–Crippen MR) is 74.5 cm³/mol. The minimum Gasteiger partial charge on any atom is -0.477 e. The van der Waals surface area contributed by atoms with Gasteiger partial charge in [-0.1, -0.05) is 0 Å². The normalized spacial score (nSPS) is 22.4. The molecule has 0 aromatic carbocycles. The lowest BCUT2D eigenvalue weighted by Crippen LogP contribution is -2.36. The zero-order valence-corrected chi connectivity index (χ0v) is 11.7. The van der Waals surface area contributed by atoms with Crippen molar-refractivity contribution < 1.29 is 14.7 Å². The Labute approximate surface area is 116 Å². The Morgan fingerprint density at radius 1 is 1.53 bits per heavy atom. The molecule has 1 aromatic heterocycles. The molecule has 0 spiro atoms. The highest BCUT2D eigenvalue weighted by atomic mass is 32.2. The topological polar surface area (TPSA) is 71.3 Å². The average Bonchev–Trinajstić information content (AvgIpc) is 2.97. The van der Waals surface area contributed by atoms with Crippen molar-refractivity contribution in [1.82, 2.24) is 9.88 Å². The summed E-state index contributed by atoms with van der Waals surface area (Å²) in [6, 6.07) is 3.36. The highest BCUT2D eigenvalue weighted by Crippen LogP contribution is 2.28. The Balaban J connectivity index is 1.88. The molecule has 1 saturated carbocycles. The number of nitrogens with one attached hydrogen (secondary N) is 1. The Kier molecular flexibility index (Phi) is 4.52. The predicted octanol–water partition coefficient (Wildman–Crippen LogP) is 1.59. The Hall–Kier alpha value is -1.43. The van der Waals surface area contributed by atoms with Gasteiger partial charge >= 0.3 is 5.97 Å². The fraction of sp³-hybridized carbons (Fsp3) is 0.538. The highest BCUT2D eigenvalue weighted by molar-refractivity contribution is 7.99. The number of carbonyl (C=O) groups excluding carboxylic acids is 1. The molecule has 2 N–H and O–H groups in total. The third-order valence-corrected chi connectivity index (χ3v) is 4.54. The first-order chi connectivity index (χ1) is 9.10. The molecule has 5 nitrogen and oxygen atoms in total. The van der Waals surface area contributed by atoms with E-state index in [9.17, 15) is 9.59 Å². The lowest BCUT2D eigenvalue weighted by atomic mass is 10.2. The molecular weight excluding hydrogens is 264 g/mol. The Bertz CT molecular complexity index is 472. The maximum atomic E-state index is 11.9. The summed E-state index contributed by atoms with van der Waals surface area (Å²) in [6.45, 7) is 0.0646. The SMILES string of the molecule is CSC1CCC(NC(=O)Cn2cccc2C(=O)O)C1. The van der Waals surface area contributed by atoms with E-state index in [4.69, 9.17) is 5.11 Å². The van der Waals surface area contributed by atoms with Crippen molar-refractivity contribution in [3.05, 3.63) is 24.0 Å². The molecule has 1 fully saturated rings. The second-order valence-electron chi connectivity index (χ2n) is 4.76. The van der Waals surface area contributed by atoms with Gasteiger partial charge in [0.25, 0.3) is 0 Å². The van der Waals surface area contributed by atoms with Crippen LogP contribution in [0.25, 0.3) is 0 Å². The third kappa shape index (κ3) is 3.53. The van der Waals surface area contributed by atoms with Crippen molar-refractivity contribution in [3.63, 3.8) is 0 Å². The van der Waals surface area contributed by atoms with Crippen LogP contribution in [0.15, 0.2) is 18.3 Å². The summed E-state index contributed by atoms with van der Waals surface area (Å²) in [5.74, 6) is -1.13. The Morgan fingerprint density at radius 2 is 2.32 bits per heavy atom. The fourth-order valence-corrected chi connectivity index (χ4v) is 3.26. The number of aromatic carboxylic acids is 1. The number of thioether (sulfide) groups is 1. The first kappa shape index (κ1) is 14.0. The van der Waals surface area contributed by atoms with Crippen molar-refractivity contribution in [3.8, 4) is 0 Å². The first-order valence-electron chi connectivity index (χ1n) is 6.30. The van der Waals surface area contributed by atoms with Crippen LogP contribution in [0.3, 0.4) is 0 Å². The minimum atomic E-state index is -1.01. The molecule has 1 amide bonds. The number of rotatable bonds is 5. The lowest BCUT2D eigenvalue weighted by Gasteiger charge is -2.13. The highest BCUT2D eigenvalue weighted by Gasteiger charge is 2.25. The molecule has 6 heteroatoms. The van der Waals surface area contributed by atoms with Crippen molar-refractivity contribution in [2.45, 2.75) is 37.1 Å². The molecule has 104 valence electrons. The summed E-state index contributed by atoms with van der Waals surface area (Å²) in [5.41, 5.74) is 0.142. The number of carboxylic acid groups (broad SMARTS) is 1. The molecule has 0 saturated heterocycles. The van der Waals surface area contributed by atoms with Gasteiger partial charge in [-0.25, -0.2) is 4.79 Å². The van der Waals surface area contributed by atoms with E-state index in [1.54, 1.807) is 12.3 Å². The summed E-state index contributed by atoms with van der Waals surface area (Å²) >= 11 is 1.84. The zero-order valence-electron chi connectivity index (χ0n) is 10.8. The largest absolute Gasteiger partial charge is 0.477 e. The van der Waals surface area contributed by atoms with Crippen molar-refractivity contribution in [2.75, 3.05) is 6.26 Å². The lowest BCUT2D eigenvalue weighted by molar-refractivity contribution is -0.122. The molecule has 1 aromatic rings. The van der Waals surface area contributed by atoms with Gasteiger partial charge in [0.2, 0.25) is 5.91 Å². The smallest absolute Gasteiger partial charge is 0.352 e. The second kappa shape index (κ2) is 6.14. The van der Waals surface area contributed by atoms with E-state index < -0.39 is 5.97 Å². The number of aromatic nitrogens is 1. The van der Waals surface area contributed by atoms with Crippen LogP contribution < -0.4 is 5.32 Å². The molecule has 1 aliphatic rings. The van der Waals surface area contributed by atoms with E-state index in [-0.39, 0.29) is 24.2 Å². The molecule has 2 unspecified atom stereocenters. The van der Waals surface area contributed by atoms with Crippen LogP contribution in [0.1, 0.15) is 29.8 Å². The van der Waals surface area contributed by atoms with Gasteiger partial charge in [-0.3, -0.25) is 4.79 Å². The van der Waals surface area contributed by atoms with Gasteiger partial charge in [0.05, 0.1) is 0 Å². The van der Waals surface area contributed by atoms with Gasteiger partial charge in [-0.2, -0.15) is 11.8 Å². The monoisotopic (exact) mass is 282 g/mol. The van der Waals surface area contributed by atoms with Gasteiger partial charge < -0.3 is 15.0 Å². The molecule has 1 heterocycles. The summed E-state index contributed by atoms with van der Waals surface area (Å²) in [7, 11) is 0. The van der Waals surface area contributed by atoms with E-state index >= 15 is 0 Å². The van der Waals surface area contributed by atoms with Crippen LogP contribution in [0.5, 0.6) is 0 Å². The van der Waals surface area contributed by atoms with Crippen LogP contribution >= 0.6 is 11.8 Å². The second-order valence-corrected chi connectivity index (χ2v) is 5.90. The number of nitrogens with zero attached hydrogens (tertiary/aromatic N) is 1. The van der Waals surface area contributed by atoms with Crippen LogP contribution in [-0.2, 0) is 11.3 Å². The number of amides is 1. The molecule has 0 radical (unpaired) electrons. The van der Waals surface area contributed by atoms with Gasteiger partial charge in [-0.05, 0) is 37.7 Å². The van der Waals surface area contributed by atoms with Crippen LogP contribution in [0.2, 0.25) is 0 Å².